The van der Waals surface area contributed by atoms with Crippen molar-refractivity contribution < 1.29 is 14.6 Å². The van der Waals surface area contributed by atoms with Crippen molar-refractivity contribution in [2.24, 2.45) is 0 Å². The molecule has 0 saturated heterocycles. The minimum absolute atomic E-state index is 0.00130. The highest BCUT2D eigenvalue weighted by Gasteiger charge is 2.12. The molecule has 0 aromatic heterocycles. The number of unbranched alkanes of at least 4 members (excludes halogenated alkanes) is 1. The van der Waals surface area contributed by atoms with E-state index in [9.17, 15) is 9.50 Å². The van der Waals surface area contributed by atoms with Gasteiger partial charge in [0.25, 0.3) is 0 Å². The van der Waals surface area contributed by atoms with Crippen LogP contribution in [0.4, 0.5) is 10.1 Å². The lowest BCUT2D eigenvalue weighted by Gasteiger charge is -2.24. The van der Waals surface area contributed by atoms with Crippen molar-refractivity contribution in [3.8, 4) is 0 Å². The maximum atomic E-state index is 14.0. The molecule has 1 aromatic rings. The molecule has 102 valence electrons. The van der Waals surface area contributed by atoms with Crippen LogP contribution in [0.2, 0.25) is 0 Å². The van der Waals surface area contributed by atoms with E-state index in [1.54, 1.807) is 19.1 Å². The van der Waals surface area contributed by atoms with Gasteiger partial charge in [-0.05, 0) is 31.0 Å². The van der Waals surface area contributed by atoms with Gasteiger partial charge < -0.3 is 15.1 Å². The van der Waals surface area contributed by atoms with E-state index in [-0.39, 0.29) is 12.4 Å². The Morgan fingerprint density at radius 3 is 2.56 bits per heavy atom. The third-order valence-electron chi connectivity index (χ3n) is 2.95. The van der Waals surface area contributed by atoms with Crippen molar-refractivity contribution in [3.05, 3.63) is 29.6 Å². The molecule has 0 aliphatic carbocycles. The fourth-order valence-electron chi connectivity index (χ4n) is 1.86. The molecular weight excluding hydrogens is 233 g/mol. The van der Waals surface area contributed by atoms with Gasteiger partial charge in [0, 0.05) is 13.1 Å². The van der Waals surface area contributed by atoms with Crippen LogP contribution < -0.4 is 4.90 Å². The average molecular weight is 255 g/mol. The summed E-state index contributed by atoms with van der Waals surface area (Å²) in [5, 5.41) is 18.4. The van der Waals surface area contributed by atoms with Crippen LogP contribution >= 0.6 is 0 Å². The van der Waals surface area contributed by atoms with Gasteiger partial charge >= 0.3 is 0 Å². The minimum atomic E-state index is -0.671. The molecule has 0 fully saturated rings. The van der Waals surface area contributed by atoms with Gasteiger partial charge in [-0.3, -0.25) is 0 Å². The normalized spacial score (nSPS) is 12.5. The number of aliphatic hydroxyl groups is 2. The van der Waals surface area contributed by atoms with Crippen LogP contribution in [0.1, 0.15) is 38.4 Å². The van der Waals surface area contributed by atoms with Gasteiger partial charge in [0.05, 0.1) is 18.4 Å². The summed E-state index contributed by atoms with van der Waals surface area (Å²) in [5.41, 5.74) is 1.05. The summed E-state index contributed by atoms with van der Waals surface area (Å²) in [6.07, 6.45) is 1.31. The van der Waals surface area contributed by atoms with Crippen LogP contribution in [-0.2, 0) is 0 Å². The Balaban J connectivity index is 2.90. The molecule has 1 rings (SSSR count). The highest BCUT2D eigenvalue weighted by atomic mass is 19.1. The second-order valence-corrected chi connectivity index (χ2v) is 4.45. The van der Waals surface area contributed by atoms with Crippen LogP contribution in [0.15, 0.2) is 18.2 Å². The molecule has 0 aliphatic heterocycles. The third-order valence-corrected chi connectivity index (χ3v) is 2.95. The Bertz CT molecular complexity index is 369. The number of anilines is 1. The van der Waals surface area contributed by atoms with E-state index in [0.717, 1.165) is 19.4 Å². The van der Waals surface area contributed by atoms with Crippen molar-refractivity contribution in [2.75, 3.05) is 24.6 Å². The second kappa shape index (κ2) is 7.34. The molecule has 0 bridgehead atoms. The van der Waals surface area contributed by atoms with E-state index in [4.69, 9.17) is 5.11 Å². The van der Waals surface area contributed by atoms with Gasteiger partial charge in [0.1, 0.15) is 5.82 Å². The first-order valence-corrected chi connectivity index (χ1v) is 6.43. The number of nitrogens with zero attached hydrogens (tertiary/aromatic N) is 1. The largest absolute Gasteiger partial charge is 0.395 e. The summed E-state index contributed by atoms with van der Waals surface area (Å²) in [7, 11) is 0. The number of rotatable bonds is 7. The van der Waals surface area contributed by atoms with E-state index in [1.165, 1.54) is 6.07 Å². The van der Waals surface area contributed by atoms with E-state index >= 15 is 0 Å². The maximum absolute atomic E-state index is 14.0. The molecule has 1 aromatic carbocycles. The molecule has 0 aliphatic rings. The van der Waals surface area contributed by atoms with Crippen molar-refractivity contribution in [1.29, 1.82) is 0 Å². The molecule has 18 heavy (non-hydrogen) atoms. The van der Waals surface area contributed by atoms with Crippen LogP contribution in [0.3, 0.4) is 0 Å². The molecule has 1 atom stereocenters. The topological polar surface area (TPSA) is 43.7 Å². The molecular formula is C14H22FNO2. The summed E-state index contributed by atoms with van der Waals surface area (Å²) in [6.45, 7) is 4.83. The first kappa shape index (κ1) is 14.9. The Morgan fingerprint density at radius 1 is 1.33 bits per heavy atom. The van der Waals surface area contributed by atoms with E-state index in [2.05, 4.69) is 6.92 Å². The summed E-state index contributed by atoms with van der Waals surface area (Å²) in [4.78, 5) is 1.84. The SMILES string of the molecule is CCCCN(CCO)c1ccc(C(C)O)cc1F. The van der Waals surface area contributed by atoms with Crippen LogP contribution in [-0.4, -0.2) is 29.9 Å². The lowest BCUT2D eigenvalue weighted by atomic mass is 10.1. The predicted molar refractivity (Wildman–Crippen MR) is 71.2 cm³/mol. The number of hydrogen-bond acceptors (Lipinski definition) is 3. The van der Waals surface area contributed by atoms with Crippen LogP contribution in [0, 0.1) is 5.82 Å². The number of benzene rings is 1. The van der Waals surface area contributed by atoms with Crippen molar-refractivity contribution in [3.63, 3.8) is 0 Å². The Kier molecular flexibility index (Phi) is 6.09. The predicted octanol–water partition coefficient (Wildman–Crippen LogP) is 2.48. The average Bonchev–Trinajstić information content (AvgIpc) is 2.34. The fourth-order valence-corrected chi connectivity index (χ4v) is 1.86. The van der Waals surface area contributed by atoms with Gasteiger partial charge in [-0.15, -0.1) is 0 Å². The third kappa shape index (κ3) is 3.96. The Hall–Kier alpha value is -1.13. The van der Waals surface area contributed by atoms with Gasteiger partial charge in [0.15, 0.2) is 0 Å². The highest BCUT2D eigenvalue weighted by Crippen LogP contribution is 2.23. The van der Waals surface area contributed by atoms with Crippen molar-refractivity contribution in [2.45, 2.75) is 32.8 Å². The molecule has 0 saturated carbocycles. The standard InChI is InChI=1S/C14H22FNO2/c1-3-4-7-16(8-9-17)14-6-5-12(11(2)18)10-13(14)15/h5-6,10-11,17-18H,3-4,7-9H2,1-2H3. The molecule has 3 nitrogen and oxygen atoms in total. The number of halogens is 1. The fraction of sp³-hybridized carbons (Fsp3) is 0.571. The zero-order chi connectivity index (χ0) is 13.5. The summed E-state index contributed by atoms with van der Waals surface area (Å²) >= 11 is 0. The van der Waals surface area contributed by atoms with E-state index < -0.39 is 6.10 Å². The molecule has 0 radical (unpaired) electrons. The van der Waals surface area contributed by atoms with Crippen molar-refractivity contribution >= 4 is 5.69 Å². The van der Waals surface area contributed by atoms with E-state index in [0.29, 0.717) is 17.8 Å². The summed E-state index contributed by atoms with van der Waals surface area (Å²) in [5.74, 6) is -0.349. The van der Waals surface area contributed by atoms with Crippen LogP contribution in [0.5, 0.6) is 0 Å². The van der Waals surface area contributed by atoms with Crippen LogP contribution in [0.25, 0.3) is 0 Å². The smallest absolute Gasteiger partial charge is 0.146 e. The number of hydrogen-bond donors (Lipinski definition) is 2. The van der Waals surface area contributed by atoms with E-state index in [1.807, 2.05) is 4.90 Å². The lowest BCUT2D eigenvalue weighted by Crippen LogP contribution is -2.28. The quantitative estimate of drug-likeness (QED) is 0.786. The molecule has 0 amide bonds. The first-order chi connectivity index (χ1) is 8.60. The zero-order valence-electron chi connectivity index (χ0n) is 11.1. The van der Waals surface area contributed by atoms with Crippen molar-refractivity contribution in [1.82, 2.24) is 0 Å². The Morgan fingerprint density at radius 2 is 2.06 bits per heavy atom. The molecule has 0 spiro atoms. The summed E-state index contributed by atoms with van der Waals surface area (Å²) < 4.78 is 14.0. The summed E-state index contributed by atoms with van der Waals surface area (Å²) in [6, 6.07) is 4.75. The molecule has 4 heteroatoms. The van der Waals surface area contributed by atoms with Gasteiger partial charge in [-0.2, -0.15) is 0 Å². The Labute approximate surface area is 108 Å². The lowest BCUT2D eigenvalue weighted by molar-refractivity contribution is 0.199. The highest BCUT2D eigenvalue weighted by molar-refractivity contribution is 5.49. The molecule has 2 N–H and O–H groups in total. The second-order valence-electron chi connectivity index (χ2n) is 4.45. The van der Waals surface area contributed by atoms with Gasteiger partial charge in [-0.1, -0.05) is 19.4 Å². The zero-order valence-corrected chi connectivity index (χ0v) is 11.1. The maximum Gasteiger partial charge on any atom is 0.146 e. The molecule has 0 heterocycles. The first-order valence-electron chi connectivity index (χ1n) is 6.43. The monoisotopic (exact) mass is 255 g/mol. The van der Waals surface area contributed by atoms with Gasteiger partial charge in [-0.25, -0.2) is 4.39 Å². The molecule has 1 unspecified atom stereocenters. The minimum Gasteiger partial charge on any atom is -0.395 e. The van der Waals surface area contributed by atoms with Gasteiger partial charge in [0.2, 0.25) is 0 Å². The number of aliphatic hydroxyl groups excluding tert-OH is 2.